The molecule has 1 amide bonds. The zero-order valence-electron chi connectivity index (χ0n) is 19.9. The number of carbonyl (C=O) groups excluding carboxylic acids is 2. The first-order valence-electron chi connectivity index (χ1n) is 11.3. The summed E-state index contributed by atoms with van der Waals surface area (Å²) in [6.07, 6.45) is 1.65. The first-order chi connectivity index (χ1) is 17.0. The number of anilines is 1. The van der Waals surface area contributed by atoms with Crippen molar-refractivity contribution in [3.63, 3.8) is 0 Å². The van der Waals surface area contributed by atoms with Gasteiger partial charge in [-0.1, -0.05) is 11.2 Å². The third kappa shape index (κ3) is 5.78. The maximum Gasteiger partial charge on any atom is 0.337 e. The maximum atomic E-state index is 12.9. The van der Waals surface area contributed by atoms with E-state index in [0.717, 1.165) is 24.9 Å². The van der Waals surface area contributed by atoms with Gasteiger partial charge in [-0.15, -0.1) is 0 Å². The van der Waals surface area contributed by atoms with E-state index in [1.54, 1.807) is 50.6 Å². The molecule has 1 unspecified atom stereocenters. The minimum Gasteiger partial charge on any atom is -0.493 e. The van der Waals surface area contributed by atoms with Crippen LogP contribution in [-0.2, 0) is 16.1 Å². The monoisotopic (exact) mass is 480 g/mol. The lowest BCUT2D eigenvalue weighted by molar-refractivity contribution is -0.121. The van der Waals surface area contributed by atoms with Crippen LogP contribution in [0.25, 0.3) is 11.4 Å². The number of amides is 1. The molecule has 0 aliphatic carbocycles. The fourth-order valence-electron chi connectivity index (χ4n) is 4.10. The minimum absolute atomic E-state index is 0.0896. The molecule has 10 nitrogen and oxygen atoms in total. The Balaban J connectivity index is 1.37. The molecular weight excluding hydrogens is 452 g/mol. The van der Waals surface area contributed by atoms with Crippen LogP contribution in [0, 0.1) is 5.92 Å². The Morgan fingerprint density at radius 3 is 2.71 bits per heavy atom. The summed E-state index contributed by atoms with van der Waals surface area (Å²) < 4.78 is 20.8. The molecule has 0 radical (unpaired) electrons. The Morgan fingerprint density at radius 2 is 1.94 bits per heavy atom. The largest absolute Gasteiger partial charge is 0.493 e. The highest BCUT2D eigenvalue weighted by molar-refractivity contribution is 5.95. The van der Waals surface area contributed by atoms with Gasteiger partial charge in [-0.2, -0.15) is 4.98 Å². The van der Waals surface area contributed by atoms with E-state index in [-0.39, 0.29) is 11.8 Å². The van der Waals surface area contributed by atoms with Gasteiger partial charge in [0.2, 0.25) is 17.6 Å². The summed E-state index contributed by atoms with van der Waals surface area (Å²) in [6, 6.07) is 12.1. The third-order valence-corrected chi connectivity index (χ3v) is 5.90. The molecule has 1 fully saturated rings. The van der Waals surface area contributed by atoms with Crippen LogP contribution in [-0.4, -0.2) is 61.3 Å². The van der Waals surface area contributed by atoms with Crippen LogP contribution in [0.3, 0.4) is 0 Å². The predicted octanol–water partition coefficient (Wildman–Crippen LogP) is 3.39. The molecule has 1 atom stereocenters. The van der Waals surface area contributed by atoms with Gasteiger partial charge in [0.25, 0.3) is 0 Å². The number of ether oxygens (including phenoxy) is 3. The van der Waals surface area contributed by atoms with Crippen LogP contribution in [0.5, 0.6) is 11.5 Å². The molecule has 0 spiro atoms. The Labute approximate surface area is 203 Å². The molecule has 1 N–H and O–H groups in total. The van der Waals surface area contributed by atoms with Crippen molar-refractivity contribution >= 4 is 17.6 Å². The lowest BCUT2D eigenvalue weighted by Gasteiger charge is -2.30. The highest BCUT2D eigenvalue weighted by Gasteiger charge is 2.27. The summed E-state index contributed by atoms with van der Waals surface area (Å²) in [5, 5.41) is 7.01. The third-order valence-electron chi connectivity index (χ3n) is 5.90. The summed E-state index contributed by atoms with van der Waals surface area (Å²) in [7, 11) is 4.47. The van der Waals surface area contributed by atoms with Gasteiger partial charge < -0.3 is 24.1 Å². The van der Waals surface area contributed by atoms with Crippen LogP contribution in [0.2, 0.25) is 0 Å². The molecule has 0 saturated carbocycles. The van der Waals surface area contributed by atoms with Crippen LogP contribution >= 0.6 is 0 Å². The standard InChI is InChI=1S/C25H28N4O6/c1-32-20-10-9-16(13-21(20)33-2)23-27-22(35-28-23)15-29-11-5-7-18(14-29)24(30)26-19-8-4-6-17(12-19)25(31)34-3/h4,6,8-10,12-13,18H,5,7,11,14-15H2,1-3H3,(H,26,30). The van der Waals surface area contributed by atoms with Crippen molar-refractivity contribution < 1.29 is 28.3 Å². The molecule has 2 heterocycles. The van der Waals surface area contributed by atoms with Gasteiger partial charge in [-0.3, -0.25) is 9.69 Å². The van der Waals surface area contributed by atoms with Crippen molar-refractivity contribution in [2.24, 2.45) is 5.92 Å². The maximum absolute atomic E-state index is 12.9. The van der Waals surface area contributed by atoms with Crippen molar-refractivity contribution in [3.8, 4) is 22.9 Å². The minimum atomic E-state index is -0.447. The fourth-order valence-corrected chi connectivity index (χ4v) is 4.10. The first-order valence-corrected chi connectivity index (χ1v) is 11.3. The van der Waals surface area contributed by atoms with Gasteiger partial charge in [-0.25, -0.2) is 4.79 Å². The number of piperidine rings is 1. The van der Waals surface area contributed by atoms with Crippen molar-refractivity contribution in [2.75, 3.05) is 39.7 Å². The zero-order chi connectivity index (χ0) is 24.8. The molecule has 1 saturated heterocycles. The number of hydrogen-bond acceptors (Lipinski definition) is 9. The number of hydrogen-bond donors (Lipinski definition) is 1. The molecule has 35 heavy (non-hydrogen) atoms. The second-order valence-corrected chi connectivity index (χ2v) is 8.22. The van der Waals surface area contributed by atoms with E-state index in [1.807, 2.05) is 6.07 Å². The van der Waals surface area contributed by atoms with Gasteiger partial charge in [0, 0.05) is 17.8 Å². The summed E-state index contributed by atoms with van der Waals surface area (Å²) in [4.78, 5) is 31.3. The molecule has 1 aliphatic heterocycles. The number of carbonyl (C=O) groups is 2. The number of aromatic nitrogens is 2. The van der Waals surface area contributed by atoms with Crippen LogP contribution < -0.4 is 14.8 Å². The second-order valence-electron chi connectivity index (χ2n) is 8.22. The number of likely N-dealkylation sites (tertiary alicyclic amines) is 1. The summed E-state index contributed by atoms with van der Waals surface area (Å²) in [6.45, 7) is 1.84. The Bertz CT molecular complexity index is 1190. The number of benzene rings is 2. The van der Waals surface area contributed by atoms with E-state index in [4.69, 9.17) is 18.7 Å². The average Bonchev–Trinajstić information content (AvgIpc) is 3.36. The zero-order valence-corrected chi connectivity index (χ0v) is 19.9. The Hall–Kier alpha value is -3.92. The lowest BCUT2D eigenvalue weighted by Crippen LogP contribution is -2.40. The predicted molar refractivity (Wildman–Crippen MR) is 127 cm³/mol. The summed E-state index contributed by atoms with van der Waals surface area (Å²) >= 11 is 0. The quantitative estimate of drug-likeness (QED) is 0.484. The van der Waals surface area contributed by atoms with Crippen LogP contribution in [0.4, 0.5) is 5.69 Å². The van der Waals surface area contributed by atoms with E-state index in [2.05, 4.69) is 20.4 Å². The molecule has 1 aromatic heterocycles. The first kappa shape index (κ1) is 24.2. The average molecular weight is 481 g/mol. The molecule has 2 aromatic carbocycles. The summed E-state index contributed by atoms with van der Waals surface area (Å²) in [5.41, 5.74) is 1.70. The van der Waals surface area contributed by atoms with Gasteiger partial charge in [0.05, 0.1) is 39.4 Å². The van der Waals surface area contributed by atoms with Crippen molar-refractivity contribution in [2.45, 2.75) is 19.4 Å². The van der Waals surface area contributed by atoms with E-state index >= 15 is 0 Å². The Kier molecular flexibility index (Phi) is 7.61. The van der Waals surface area contributed by atoms with Crippen molar-refractivity contribution in [1.29, 1.82) is 0 Å². The number of rotatable bonds is 8. The summed E-state index contributed by atoms with van der Waals surface area (Å²) in [5.74, 6) is 1.40. The molecule has 4 rings (SSSR count). The number of esters is 1. The molecular formula is C25H28N4O6. The normalized spacial score (nSPS) is 15.9. The van der Waals surface area contributed by atoms with Crippen LogP contribution in [0.15, 0.2) is 47.0 Å². The smallest absolute Gasteiger partial charge is 0.337 e. The van der Waals surface area contributed by atoms with Gasteiger partial charge in [0.1, 0.15) is 0 Å². The SMILES string of the molecule is COC(=O)c1cccc(NC(=O)C2CCCN(Cc3nc(-c4ccc(OC)c(OC)c4)no3)C2)c1. The van der Waals surface area contributed by atoms with E-state index in [9.17, 15) is 9.59 Å². The van der Waals surface area contributed by atoms with Crippen molar-refractivity contribution in [3.05, 3.63) is 53.9 Å². The van der Waals surface area contributed by atoms with E-state index in [0.29, 0.717) is 47.6 Å². The lowest BCUT2D eigenvalue weighted by atomic mass is 9.97. The molecule has 1 aliphatic rings. The highest BCUT2D eigenvalue weighted by Crippen LogP contribution is 2.31. The van der Waals surface area contributed by atoms with Crippen molar-refractivity contribution in [1.82, 2.24) is 15.0 Å². The molecule has 3 aromatic rings. The number of nitrogens with one attached hydrogen (secondary N) is 1. The van der Waals surface area contributed by atoms with Crippen LogP contribution in [0.1, 0.15) is 29.1 Å². The second kappa shape index (κ2) is 11.0. The van der Waals surface area contributed by atoms with Gasteiger partial charge >= 0.3 is 5.97 Å². The highest BCUT2D eigenvalue weighted by atomic mass is 16.5. The topological polar surface area (TPSA) is 116 Å². The van der Waals surface area contributed by atoms with E-state index in [1.165, 1.54) is 7.11 Å². The molecule has 10 heteroatoms. The fraction of sp³-hybridized carbons (Fsp3) is 0.360. The number of nitrogens with zero attached hydrogens (tertiary/aromatic N) is 3. The molecule has 0 bridgehead atoms. The molecule has 184 valence electrons. The van der Waals surface area contributed by atoms with E-state index < -0.39 is 5.97 Å². The van der Waals surface area contributed by atoms with Gasteiger partial charge in [-0.05, 0) is 55.8 Å². The van der Waals surface area contributed by atoms with Gasteiger partial charge in [0.15, 0.2) is 11.5 Å². The number of methoxy groups -OCH3 is 3. The Morgan fingerprint density at radius 1 is 1.11 bits per heavy atom.